The maximum atomic E-state index is 6.60. The summed E-state index contributed by atoms with van der Waals surface area (Å²) >= 11 is 1.68. The largest absolute Gasteiger partial charge is 0.378 e. The molecule has 6 nitrogen and oxygen atoms in total. The van der Waals surface area contributed by atoms with Gasteiger partial charge in [0.1, 0.15) is 11.3 Å². The van der Waals surface area contributed by atoms with Crippen molar-refractivity contribution in [3.63, 3.8) is 0 Å². The third-order valence-corrected chi connectivity index (χ3v) is 8.43. The first-order valence-corrected chi connectivity index (χ1v) is 13.9. The molecule has 1 aliphatic carbocycles. The van der Waals surface area contributed by atoms with E-state index in [9.17, 15) is 0 Å². The fraction of sp³-hybridized carbons (Fsp3) is 0.267. The van der Waals surface area contributed by atoms with Gasteiger partial charge >= 0.3 is 0 Å². The zero-order chi connectivity index (χ0) is 24.8. The fourth-order valence-corrected chi connectivity index (χ4v) is 6.05. The molecule has 1 saturated carbocycles. The van der Waals surface area contributed by atoms with Crippen molar-refractivity contribution in [2.45, 2.75) is 24.8 Å². The highest BCUT2D eigenvalue weighted by Gasteiger charge is 2.34. The lowest BCUT2D eigenvalue weighted by molar-refractivity contribution is 0.122. The van der Waals surface area contributed by atoms with Crippen LogP contribution in [0.15, 0.2) is 77.5 Å². The standard InChI is InChI=1S/C30H29N5OS/c31-30(12-2-13-30)23-5-7-24(8-6-23)35-28(22-11-18-37-20-22)33-27-10-9-26(32-29(27)35)21-3-1-4-25(19-21)34-14-16-36-17-15-34/h1,3-11,18-20H,2,12-17,31H2. The number of ether oxygens (including phenoxy) is 1. The molecule has 0 amide bonds. The average molecular weight is 508 g/mol. The summed E-state index contributed by atoms with van der Waals surface area (Å²) in [6.45, 7) is 3.35. The lowest BCUT2D eigenvalue weighted by atomic mass is 9.73. The Hall–Kier alpha value is -3.52. The Balaban J connectivity index is 1.34. The number of nitrogens with zero attached hydrogens (tertiary/aromatic N) is 4. The molecular formula is C30H29N5OS. The van der Waals surface area contributed by atoms with Gasteiger partial charge in [0.2, 0.25) is 0 Å². The maximum absolute atomic E-state index is 6.60. The van der Waals surface area contributed by atoms with Crippen molar-refractivity contribution in [1.29, 1.82) is 0 Å². The van der Waals surface area contributed by atoms with Crippen LogP contribution < -0.4 is 10.6 Å². The van der Waals surface area contributed by atoms with Gasteiger partial charge < -0.3 is 15.4 Å². The molecule has 4 heterocycles. The average Bonchev–Trinajstić information content (AvgIpc) is 3.60. The second-order valence-electron chi connectivity index (χ2n) is 10.0. The van der Waals surface area contributed by atoms with Crippen molar-refractivity contribution in [2.24, 2.45) is 5.73 Å². The van der Waals surface area contributed by atoms with Gasteiger partial charge in [-0.25, -0.2) is 9.97 Å². The third kappa shape index (κ3) is 4.03. The van der Waals surface area contributed by atoms with E-state index in [4.69, 9.17) is 20.4 Å². The molecule has 3 aromatic heterocycles. The van der Waals surface area contributed by atoms with E-state index in [0.717, 1.165) is 78.6 Å². The minimum Gasteiger partial charge on any atom is -0.378 e. The summed E-state index contributed by atoms with van der Waals surface area (Å²) in [5, 5.41) is 4.23. The van der Waals surface area contributed by atoms with Gasteiger partial charge in [0.05, 0.1) is 18.9 Å². The van der Waals surface area contributed by atoms with Crippen LogP contribution in [0, 0.1) is 0 Å². The molecule has 0 bridgehead atoms. The molecule has 7 rings (SSSR count). The quantitative estimate of drug-likeness (QED) is 0.316. The lowest BCUT2D eigenvalue weighted by Gasteiger charge is -2.38. The number of nitrogens with two attached hydrogens (primary N) is 1. The lowest BCUT2D eigenvalue weighted by Crippen LogP contribution is -2.43. The van der Waals surface area contributed by atoms with E-state index in [1.165, 1.54) is 17.7 Å². The molecule has 37 heavy (non-hydrogen) atoms. The number of morpholine rings is 1. The summed E-state index contributed by atoms with van der Waals surface area (Å²) in [6.07, 6.45) is 3.30. The van der Waals surface area contributed by atoms with Crippen LogP contribution in [0.2, 0.25) is 0 Å². The number of benzene rings is 2. The van der Waals surface area contributed by atoms with Gasteiger partial charge in [0.15, 0.2) is 5.65 Å². The van der Waals surface area contributed by atoms with E-state index in [1.54, 1.807) is 11.3 Å². The number of imidazole rings is 1. The Morgan fingerprint density at radius 2 is 1.70 bits per heavy atom. The van der Waals surface area contributed by atoms with Crippen LogP contribution >= 0.6 is 11.3 Å². The van der Waals surface area contributed by atoms with Crippen molar-refractivity contribution in [2.75, 3.05) is 31.2 Å². The molecule has 1 aliphatic heterocycles. The Labute approximate surface area is 220 Å². The zero-order valence-electron chi connectivity index (χ0n) is 20.6. The molecule has 2 aromatic carbocycles. The number of anilines is 1. The van der Waals surface area contributed by atoms with E-state index in [0.29, 0.717) is 0 Å². The van der Waals surface area contributed by atoms with Crippen LogP contribution in [0.3, 0.4) is 0 Å². The number of fused-ring (bicyclic) bond motifs is 1. The van der Waals surface area contributed by atoms with E-state index < -0.39 is 0 Å². The zero-order valence-corrected chi connectivity index (χ0v) is 21.5. The molecule has 0 spiro atoms. The van der Waals surface area contributed by atoms with Crippen molar-refractivity contribution < 1.29 is 4.74 Å². The fourth-order valence-electron chi connectivity index (χ4n) is 5.42. The van der Waals surface area contributed by atoms with Crippen LogP contribution in [0.5, 0.6) is 0 Å². The molecule has 2 N–H and O–H groups in total. The van der Waals surface area contributed by atoms with Gasteiger partial charge in [-0.15, -0.1) is 0 Å². The number of rotatable bonds is 5. The first-order valence-electron chi connectivity index (χ1n) is 12.9. The number of hydrogen-bond donors (Lipinski definition) is 1. The topological polar surface area (TPSA) is 69.2 Å². The Morgan fingerprint density at radius 3 is 2.43 bits per heavy atom. The minimum atomic E-state index is -0.178. The Kier molecular flexibility index (Phi) is 5.57. The van der Waals surface area contributed by atoms with Crippen molar-refractivity contribution >= 4 is 28.2 Å². The smallest absolute Gasteiger partial charge is 0.165 e. The highest BCUT2D eigenvalue weighted by atomic mass is 32.1. The molecule has 5 aromatic rings. The highest BCUT2D eigenvalue weighted by molar-refractivity contribution is 7.08. The van der Waals surface area contributed by atoms with Crippen molar-refractivity contribution in [3.8, 4) is 28.3 Å². The second kappa shape index (κ2) is 9.10. The van der Waals surface area contributed by atoms with Gasteiger partial charge in [0, 0.05) is 46.5 Å². The predicted molar refractivity (Wildman–Crippen MR) is 150 cm³/mol. The molecule has 1 saturated heterocycles. The van der Waals surface area contributed by atoms with Gasteiger partial charge in [-0.05, 0) is 72.7 Å². The monoisotopic (exact) mass is 507 g/mol. The summed E-state index contributed by atoms with van der Waals surface area (Å²) in [4.78, 5) is 12.6. The van der Waals surface area contributed by atoms with Gasteiger partial charge in [-0.3, -0.25) is 4.57 Å². The van der Waals surface area contributed by atoms with E-state index in [-0.39, 0.29) is 5.54 Å². The normalized spacial score (nSPS) is 17.2. The molecule has 186 valence electrons. The van der Waals surface area contributed by atoms with E-state index in [2.05, 4.69) is 87.0 Å². The molecule has 0 atom stereocenters. The summed E-state index contributed by atoms with van der Waals surface area (Å²) < 4.78 is 7.72. The van der Waals surface area contributed by atoms with Gasteiger partial charge in [0.25, 0.3) is 0 Å². The SMILES string of the molecule is NC1(c2ccc(-n3c(-c4ccsc4)nc4ccc(-c5cccc(N6CCOCC6)c5)nc43)cc2)CCC1. The predicted octanol–water partition coefficient (Wildman–Crippen LogP) is 5.99. The molecule has 2 fully saturated rings. The summed E-state index contributed by atoms with van der Waals surface area (Å²) in [5.41, 5.74) is 14.7. The molecule has 2 aliphatic rings. The summed E-state index contributed by atoms with van der Waals surface area (Å²) in [6, 6.07) is 23.6. The van der Waals surface area contributed by atoms with Gasteiger partial charge in [-0.1, -0.05) is 24.3 Å². The van der Waals surface area contributed by atoms with E-state index in [1.807, 2.05) is 0 Å². The molecular weight excluding hydrogens is 478 g/mol. The highest BCUT2D eigenvalue weighted by Crippen LogP contribution is 2.39. The van der Waals surface area contributed by atoms with Crippen LogP contribution in [0.1, 0.15) is 24.8 Å². The molecule has 7 heteroatoms. The number of pyridine rings is 1. The van der Waals surface area contributed by atoms with Crippen LogP contribution in [0.4, 0.5) is 5.69 Å². The first-order chi connectivity index (χ1) is 18.2. The van der Waals surface area contributed by atoms with Crippen LogP contribution in [-0.2, 0) is 10.3 Å². The number of thiophene rings is 1. The summed E-state index contributed by atoms with van der Waals surface area (Å²) in [5.74, 6) is 0.904. The van der Waals surface area contributed by atoms with Gasteiger partial charge in [-0.2, -0.15) is 11.3 Å². The van der Waals surface area contributed by atoms with Crippen LogP contribution in [0.25, 0.3) is 39.5 Å². The molecule has 0 unspecified atom stereocenters. The van der Waals surface area contributed by atoms with Crippen molar-refractivity contribution in [1.82, 2.24) is 14.5 Å². The second-order valence-corrected chi connectivity index (χ2v) is 10.8. The number of hydrogen-bond acceptors (Lipinski definition) is 6. The first kappa shape index (κ1) is 22.7. The maximum Gasteiger partial charge on any atom is 0.165 e. The van der Waals surface area contributed by atoms with Crippen LogP contribution in [-0.4, -0.2) is 40.8 Å². The summed E-state index contributed by atoms with van der Waals surface area (Å²) in [7, 11) is 0. The molecule has 0 radical (unpaired) electrons. The Bertz CT molecular complexity index is 1550. The van der Waals surface area contributed by atoms with E-state index >= 15 is 0 Å². The third-order valence-electron chi connectivity index (χ3n) is 7.75. The number of aromatic nitrogens is 3. The van der Waals surface area contributed by atoms with Crippen molar-refractivity contribution in [3.05, 3.63) is 83.1 Å². The minimum absolute atomic E-state index is 0.178. The Morgan fingerprint density at radius 1 is 0.865 bits per heavy atom.